The summed E-state index contributed by atoms with van der Waals surface area (Å²) >= 11 is 0. The van der Waals surface area contributed by atoms with Crippen molar-refractivity contribution < 1.29 is 21.9 Å². The molecule has 1 saturated heterocycles. The Bertz CT molecular complexity index is 1500. The summed E-state index contributed by atoms with van der Waals surface area (Å²) < 4.78 is 64.5. The highest BCUT2D eigenvalue weighted by Crippen LogP contribution is 2.53. The molecule has 1 aliphatic heterocycles. The van der Waals surface area contributed by atoms with E-state index in [2.05, 4.69) is 15.0 Å². The van der Waals surface area contributed by atoms with Crippen LogP contribution in [-0.2, 0) is 10.2 Å². The SMILES string of the molecule is CCN(C)S(=O)(=O)Nc1ccc(F)c(Oc2ccc3ncn(C4CC5(CCNCC5)C4)c(=O)c3c2)c1F. The Balaban J connectivity index is 1.42. The van der Waals surface area contributed by atoms with Crippen molar-refractivity contribution in [2.75, 3.05) is 31.4 Å². The average molecular weight is 534 g/mol. The van der Waals surface area contributed by atoms with E-state index < -0.39 is 33.3 Å². The van der Waals surface area contributed by atoms with E-state index in [9.17, 15) is 17.6 Å². The van der Waals surface area contributed by atoms with Gasteiger partial charge in [-0.15, -0.1) is 0 Å². The third-order valence-corrected chi connectivity index (χ3v) is 9.07. The number of nitrogens with one attached hydrogen (secondary N) is 2. The van der Waals surface area contributed by atoms with Crippen LogP contribution in [0.3, 0.4) is 0 Å². The predicted octanol–water partition coefficient (Wildman–Crippen LogP) is 3.78. The van der Waals surface area contributed by atoms with Gasteiger partial charge in [-0.2, -0.15) is 12.7 Å². The monoisotopic (exact) mass is 533 g/mol. The third-order valence-electron chi connectivity index (χ3n) is 7.51. The van der Waals surface area contributed by atoms with Crippen LogP contribution in [0.4, 0.5) is 14.5 Å². The van der Waals surface area contributed by atoms with Gasteiger partial charge >= 0.3 is 10.2 Å². The second kappa shape index (κ2) is 9.66. The highest BCUT2D eigenvalue weighted by molar-refractivity contribution is 7.90. The number of benzene rings is 2. The number of halogens is 2. The molecule has 2 aromatic carbocycles. The lowest BCUT2D eigenvalue weighted by Gasteiger charge is -2.50. The van der Waals surface area contributed by atoms with Crippen LogP contribution in [0.5, 0.6) is 11.5 Å². The van der Waals surface area contributed by atoms with E-state index in [0.29, 0.717) is 5.52 Å². The average Bonchev–Trinajstić information content (AvgIpc) is 2.87. The fourth-order valence-electron chi connectivity index (χ4n) is 5.15. The molecule has 0 amide bonds. The van der Waals surface area contributed by atoms with Crippen molar-refractivity contribution in [2.45, 2.75) is 38.6 Å². The summed E-state index contributed by atoms with van der Waals surface area (Å²) in [7, 11) is -2.71. The number of aromatic nitrogens is 2. The van der Waals surface area contributed by atoms with E-state index in [0.717, 1.165) is 55.2 Å². The van der Waals surface area contributed by atoms with Crippen molar-refractivity contribution in [1.29, 1.82) is 0 Å². The Morgan fingerprint density at radius 2 is 1.95 bits per heavy atom. The van der Waals surface area contributed by atoms with Gasteiger partial charge < -0.3 is 10.1 Å². The maximum atomic E-state index is 15.1. The minimum Gasteiger partial charge on any atom is -0.451 e. The summed E-state index contributed by atoms with van der Waals surface area (Å²) in [6.45, 7) is 3.75. The molecule has 2 aliphatic rings. The van der Waals surface area contributed by atoms with Crippen molar-refractivity contribution in [3.8, 4) is 11.5 Å². The predicted molar refractivity (Wildman–Crippen MR) is 136 cm³/mol. The normalized spacial score (nSPS) is 17.8. The number of rotatable bonds is 7. The second-order valence-corrected chi connectivity index (χ2v) is 11.6. The number of nitrogens with zero attached hydrogens (tertiary/aromatic N) is 3. The molecule has 198 valence electrons. The first-order valence-corrected chi connectivity index (χ1v) is 13.7. The minimum absolute atomic E-state index is 0.0241. The molecule has 1 aromatic heterocycles. The molecule has 9 nitrogen and oxygen atoms in total. The van der Waals surface area contributed by atoms with Gasteiger partial charge in [0.2, 0.25) is 5.75 Å². The smallest absolute Gasteiger partial charge is 0.301 e. The summed E-state index contributed by atoms with van der Waals surface area (Å²) in [4.78, 5) is 17.7. The van der Waals surface area contributed by atoms with Crippen LogP contribution >= 0.6 is 0 Å². The molecule has 3 aromatic rings. The van der Waals surface area contributed by atoms with Gasteiger partial charge in [-0.1, -0.05) is 6.92 Å². The minimum atomic E-state index is -4.03. The Kier molecular flexibility index (Phi) is 6.67. The third kappa shape index (κ3) is 4.80. The van der Waals surface area contributed by atoms with E-state index in [1.54, 1.807) is 23.9 Å². The highest BCUT2D eigenvalue weighted by Gasteiger charge is 2.45. The van der Waals surface area contributed by atoms with Gasteiger partial charge in [0.15, 0.2) is 11.6 Å². The zero-order chi connectivity index (χ0) is 26.4. The van der Waals surface area contributed by atoms with Crippen molar-refractivity contribution >= 4 is 26.8 Å². The molecule has 1 saturated carbocycles. The van der Waals surface area contributed by atoms with Gasteiger partial charge in [0.1, 0.15) is 5.75 Å². The van der Waals surface area contributed by atoms with Gasteiger partial charge in [-0.25, -0.2) is 13.8 Å². The van der Waals surface area contributed by atoms with E-state index in [1.165, 1.54) is 19.2 Å². The molecular weight excluding hydrogens is 504 g/mol. The number of hydrogen-bond donors (Lipinski definition) is 2. The lowest BCUT2D eigenvalue weighted by Crippen LogP contribution is -2.47. The largest absolute Gasteiger partial charge is 0.451 e. The van der Waals surface area contributed by atoms with Crippen LogP contribution in [0.25, 0.3) is 10.9 Å². The second-order valence-electron chi connectivity index (χ2n) is 9.81. The standard InChI is InChI=1S/C25H29F2N5O4S/c1-3-31(2)37(34,35)30-21-7-5-19(26)23(22(21)27)36-17-4-6-20-18(12-17)24(33)32(15-29-20)16-13-25(14-16)8-10-28-11-9-25/h4-7,12,15-16,28,30H,3,8-11,13-14H2,1-2H3. The molecule has 2 heterocycles. The molecule has 1 spiro atoms. The number of ether oxygens (including phenoxy) is 1. The molecule has 37 heavy (non-hydrogen) atoms. The Morgan fingerprint density at radius 1 is 1.22 bits per heavy atom. The van der Waals surface area contributed by atoms with E-state index in [4.69, 9.17) is 4.74 Å². The molecule has 0 bridgehead atoms. The van der Waals surface area contributed by atoms with Crippen LogP contribution in [-0.4, -0.2) is 49.0 Å². The van der Waals surface area contributed by atoms with Crippen molar-refractivity contribution in [3.05, 3.63) is 58.6 Å². The number of piperidine rings is 1. The number of fused-ring (bicyclic) bond motifs is 1. The van der Waals surface area contributed by atoms with Gasteiger partial charge in [0.25, 0.3) is 5.56 Å². The molecule has 2 fully saturated rings. The van der Waals surface area contributed by atoms with Crippen molar-refractivity contribution in [1.82, 2.24) is 19.2 Å². The lowest BCUT2D eigenvalue weighted by atomic mass is 9.60. The topological polar surface area (TPSA) is 106 Å². The maximum absolute atomic E-state index is 15.1. The van der Waals surface area contributed by atoms with Gasteiger partial charge in [0, 0.05) is 19.6 Å². The quantitative estimate of drug-likeness (QED) is 0.479. The molecule has 5 rings (SSSR count). The molecule has 0 radical (unpaired) electrons. The summed E-state index contributed by atoms with van der Waals surface area (Å²) in [6, 6.07) is 6.35. The first kappa shape index (κ1) is 25.6. The summed E-state index contributed by atoms with van der Waals surface area (Å²) in [5, 5.41) is 3.64. The highest BCUT2D eigenvalue weighted by atomic mass is 32.2. The van der Waals surface area contributed by atoms with E-state index in [-0.39, 0.29) is 34.7 Å². The Labute approximate surface area is 213 Å². The summed E-state index contributed by atoms with van der Waals surface area (Å²) in [6.07, 6.45) is 5.59. The van der Waals surface area contributed by atoms with E-state index >= 15 is 4.39 Å². The maximum Gasteiger partial charge on any atom is 0.301 e. The molecule has 0 unspecified atom stereocenters. The molecule has 1 aliphatic carbocycles. The fourth-order valence-corrected chi connectivity index (χ4v) is 6.08. The summed E-state index contributed by atoms with van der Waals surface area (Å²) in [5.41, 5.74) is 0.0187. The lowest BCUT2D eigenvalue weighted by molar-refractivity contribution is 0.0270. The molecule has 2 N–H and O–H groups in total. The molecule has 0 atom stereocenters. The zero-order valence-corrected chi connectivity index (χ0v) is 21.4. The fraction of sp³-hybridized carbons (Fsp3) is 0.440. The Hall–Kier alpha value is -3.09. The van der Waals surface area contributed by atoms with Crippen LogP contribution in [0.2, 0.25) is 0 Å². The van der Waals surface area contributed by atoms with Gasteiger partial charge in [-0.05, 0) is 74.5 Å². The number of anilines is 1. The number of hydrogen-bond acceptors (Lipinski definition) is 6. The zero-order valence-electron chi connectivity index (χ0n) is 20.6. The van der Waals surface area contributed by atoms with Crippen molar-refractivity contribution in [3.63, 3.8) is 0 Å². The molecular formula is C25H29F2N5O4S. The van der Waals surface area contributed by atoms with Crippen LogP contribution in [0.15, 0.2) is 41.5 Å². The van der Waals surface area contributed by atoms with Gasteiger partial charge in [0.05, 0.1) is 22.9 Å². The van der Waals surface area contributed by atoms with Crippen LogP contribution in [0.1, 0.15) is 38.6 Å². The van der Waals surface area contributed by atoms with Crippen LogP contribution in [0, 0.1) is 17.0 Å². The summed E-state index contributed by atoms with van der Waals surface area (Å²) in [5.74, 6) is -2.99. The van der Waals surface area contributed by atoms with Crippen molar-refractivity contribution in [2.24, 2.45) is 5.41 Å². The van der Waals surface area contributed by atoms with Crippen LogP contribution < -0.4 is 20.3 Å². The first-order valence-electron chi connectivity index (χ1n) is 12.2. The van der Waals surface area contributed by atoms with E-state index in [1.807, 2.05) is 0 Å². The van der Waals surface area contributed by atoms with Gasteiger partial charge in [-0.3, -0.25) is 14.1 Å². The Morgan fingerprint density at radius 3 is 2.65 bits per heavy atom. The first-order chi connectivity index (χ1) is 17.6. The molecule has 12 heteroatoms.